The zero-order chi connectivity index (χ0) is 29.3. The summed E-state index contributed by atoms with van der Waals surface area (Å²) in [5, 5.41) is 31.9. The number of hydrogen-bond acceptors (Lipinski definition) is 12. The normalized spacial score (nSPS) is 11.0. The molecular formula is C27H30N4O9S. The molecule has 0 bridgehead atoms. The van der Waals surface area contributed by atoms with Gasteiger partial charge >= 0.3 is 5.97 Å². The van der Waals surface area contributed by atoms with Crippen molar-refractivity contribution >= 4 is 29.7 Å². The van der Waals surface area contributed by atoms with Gasteiger partial charge in [-0.15, -0.1) is 9.45 Å². The molecule has 0 saturated heterocycles. The molecule has 0 atom stereocenters. The average Bonchev–Trinajstić information content (AvgIpc) is 2.99. The maximum atomic E-state index is 12.4. The Hall–Kier alpha value is -4.08. The van der Waals surface area contributed by atoms with E-state index in [0.717, 1.165) is 17.6 Å². The largest absolute Gasteiger partial charge is 0.496 e. The number of pyridine rings is 1. The SMILES string of the molecule is COc1cccc(OCCOCCNC(=O)c2ccc(N=NCc3ccccc3SOOO)nc2)c1CCC(=O)O. The zero-order valence-electron chi connectivity index (χ0n) is 22.2. The van der Waals surface area contributed by atoms with Gasteiger partial charge in [0.2, 0.25) is 0 Å². The van der Waals surface area contributed by atoms with Crippen LogP contribution < -0.4 is 14.8 Å². The summed E-state index contributed by atoms with van der Waals surface area (Å²) in [7, 11) is 1.52. The van der Waals surface area contributed by atoms with Gasteiger partial charge in [0.1, 0.15) is 18.1 Å². The monoisotopic (exact) mass is 586 g/mol. The first kappa shape index (κ1) is 31.4. The van der Waals surface area contributed by atoms with Crippen LogP contribution in [0.15, 0.2) is 75.9 Å². The number of methoxy groups -OCH3 is 1. The number of amides is 1. The van der Waals surface area contributed by atoms with Gasteiger partial charge in [0.05, 0.1) is 44.5 Å². The lowest BCUT2D eigenvalue weighted by atomic mass is 10.1. The number of benzene rings is 2. The second kappa shape index (κ2) is 17.6. The van der Waals surface area contributed by atoms with Crippen molar-refractivity contribution in [2.24, 2.45) is 10.2 Å². The fraction of sp³-hybridized carbons (Fsp3) is 0.296. The number of aromatic nitrogens is 1. The number of nitrogens with zero attached hydrogens (tertiary/aromatic N) is 3. The van der Waals surface area contributed by atoms with Gasteiger partial charge in [0.15, 0.2) is 5.82 Å². The smallest absolute Gasteiger partial charge is 0.303 e. The molecule has 3 N–H and O–H groups in total. The Morgan fingerprint density at radius 1 is 1.02 bits per heavy atom. The predicted octanol–water partition coefficient (Wildman–Crippen LogP) is 4.65. The summed E-state index contributed by atoms with van der Waals surface area (Å²) in [6.07, 6.45) is 1.65. The van der Waals surface area contributed by atoms with E-state index in [1.54, 1.807) is 36.4 Å². The highest BCUT2D eigenvalue weighted by atomic mass is 32.2. The molecule has 13 nitrogen and oxygen atoms in total. The van der Waals surface area contributed by atoms with Crippen LogP contribution in [0.1, 0.15) is 27.9 Å². The minimum atomic E-state index is -0.903. The van der Waals surface area contributed by atoms with E-state index in [9.17, 15) is 9.59 Å². The Morgan fingerprint density at radius 2 is 1.85 bits per heavy atom. The molecule has 0 aliphatic rings. The molecule has 1 aromatic heterocycles. The molecule has 1 amide bonds. The molecule has 0 radical (unpaired) electrons. The van der Waals surface area contributed by atoms with E-state index in [0.29, 0.717) is 33.3 Å². The summed E-state index contributed by atoms with van der Waals surface area (Å²) in [6.45, 7) is 1.33. The maximum absolute atomic E-state index is 12.4. The first-order valence-electron chi connectivity index (χ1n) is 12.4. The second-order valence-corrected chi connectivity index (χ2v) is 8.93. The minimum Gasteiger partial charge on any atom is -0.496 e. The first-order valence-corrected chi connectivity index (χ1v) is 13.2. The van der Waals surface area contributed by atoms with Crippen molar-refractivity contribution < 1.29 is 43.5 Å². The van der Waals surface area contributed by atoms with Crippen molar-refractivity contribution in [3.63, 3.8) is 0 Å². The number of carboxylic acids is 1. The third kappa shape index (κ3) is 10.8. The lowest BCUT2D eigenvalue weighted by Crippen LogP contribution is -2.27. The summed E-state index contributed by atoms with van der Waals surface area (Å²) in [5.74, 6) is 0.244. The minimum absolute atomic E-state index is 0.0387. The van der Waals surface area contributed by atoms with E-state index in [1.165, 1.54) is 13.3 Å². The number of azo groups is 1. The van der Waals surface area contributed by atoms with Crippen LogP contribution in [0.4, 0.5) is 5.82 Å². The molecule has 0 spiro atoms. The van der Waals surface area contributed by atoms with Crippen molar-refractivity contribution in [1.29, 1.82) is 0 Å². The van der Waals surface area contributed by atoms with Crippen LogP contribution in [0.2, 0.25) is 0 Å². The number of carbonyl (C=O) groups excluding carboxylic acids is 1. The molecule has 3 aromatic rings. The number of ether oxygens (including phenoxy) is 3. The highest BCUT2D eigenvalue weighted by Gasteiger charge is 2.12. The Kier molecular flexibility index (Phi) is 13.5. The lowest BCUT2D eigenvalue weighted by molar-refractivity contribution is -0.432. The van der Waals surface area contributed by atoms with Crippen LogP contribution in [-0.2, 0) is 31.9 Å². The van der Waals surface area contributed by atoms with Crippen LogP contribution in [0.5, 0.6) is 11.5 Å². The van der Waals surface area contributed by atoms with Crippen molar-refractivity contribution in [3.05, 3.63) is 77.5 Å². The number of carboxylic acid groups (broad SMARTS) is 1. The first-order chi connectivity index (χ1) is 20.0. The van der Waals surface area contributed by atoms with Gasteiger partial charge in [0, 0.05) is 29.6 Å². The molecule has 0 saturated carbocycles. The summed E-state index contributed by atoms with van der Waals surface area (Å²) >= 11 is 0.843. The molecule has 1 heterocycles. The Morgan fingerprint density at radius 3 is 2.61 bits per heavy atom. The van der Waals surface area contributed by atoms with Crippen LogP contribution in [0.25, 0.3) is 0 Å². The van der Waals surface area contributed by atoms with E-state index < -0.39 is 5.97 Å². The van der Waals surface area contributed by atoms with E-state index in [2.05, 4.69) is 29.9 Å². The molecule has 3 rings (SSSR count). The van der Waals surface area contributed by atoms with E-state index in [-0.39, 0.29) is 51.7 Å². The topological polar surface area (TPSA) is 170 Å². The molecule has 0 fully saturated rings. The lowest BCUT2D eigenvalue weighted by Gasteiger charge is -2.14. The Balaban J connectivity index is 1.36. The summed E-state index contributed by atoms with van der Waals surface area (Å²) in [4.78, 5) is 28.2. The van der Waals surface area contributed by atoms with Crippen molar-refractivity contribution in [1.82, 2.24) is 10.3 Å². The standard InChI is InChI=1S/C27H30N4O9S/c1-36-22-6-4-7-23(21(22)10-12-26(32)33)38-16-15-37-14-13-28-27(34)20-9-11-25(29-17-20)31-30-18-19-5-2-3-8-24(19)41-40-39-35/h2-9,11,17,35H,10,12-16,18H2,1H3,(H,28,34)(H,32,33). The van der Waals surface area contributed by atoms with Crippen LogP contribution in [0, 0.1) is 0 Å². The number of nitrogens with one attached hydrogen (secondary N) is 1. The van der Waals surface area contributed by atoms with Crippen molar-refractivity contribution in [2.45, 2.75) is 24.3 Å². The van der Waals surface area contributed by atoms with Crippen LogP contribution in [0.3, 0.4) is 0 Å². The van der Waals surface area contributed by atoms with Gasteiger partial charge in [-0.25, -0.2) is 10.2 Å². The van der Waals surface area contributed by atoms with Crippen molar-refractivity contribution in [3.8, 4) is 11.5 Å². The highest BCUT2D eigenvalue weighted by molar-refractivity contribution is 7.94. The van der Waals surface area contributed by atoms with Crippen LogP contribution >= 0.6 is 12.0 Å². The molecule has 0 aliphatic carbocycles. The molecule has 41 heavy (non-hydrogen) atoms. The molecule has 218 valence electrons. The number of hydrogen-bond donors (Lipinski definition) is 3. The van der Waals surface area contributed by atoms with E-state index in [4.69, 9.17) is 24.6 Å². The zero-order valence-corrected chi connectivity index (χ0v) is 23.0. The van der Waals surface area contributed by atoms with E-state index >= 15 is 0 Å². The summed E-state index contributed by atoms with van der Waals surface area (Å²) in [6, 6.07) is 15.7. The maximum Gasteiger partial charge on any atom is 0.303 e. The quantitative estimate of drug-likeness (QED) is 0.0623. The average molecular weight is 587 g/mol. The molecule has 2 aromatic carbocycles. The molecule has 0 aliphatic heterocycles. The van der Waals surface area contributed by atoms with Gasteiger partial charge < -0.3 is 24.6 Å². The van der Waals surface area contributed by atoms with Gasteiger partial charge in [-0.1, -0.05) is 29.3 Å². The van der Waals surface area contributed by atoms with Gasteiger partial charge in [-0.3, -0.25) is 9.59 Å². The molecular weight excluding hydrogens is 556 g/mol. The third-order valence-electron chi connectivity index (χ3n) is 5.47. The fourth-order valence-electron chi connectivity index (χ4n) is 3.53. The summed E-state index contributed by atoms with van der Waals surface area (Å²) < 4.78 is 21.1. The van der Waals surface area contributed by atoms with Crippen molar-refractivity contribution in [2.75, 3.05) is 33.5 Å². The highest BCUT2D eigenvalue weighted by Crippen LogP contribution is 2.29. The molecule has 14 heteroatoms. The predicted molar refractivity (Wildman–Crippen MR) is 147 cm³/mol. The van der Waals surface area contributed by atoms with Crippen LogP contribution in [-0.4, -0.2) is 60.7 Å². The third-order valence-corrected chi connectivity index (χ3v) is 6.17. The van der Waals surface area contributed by atoms with Gasteiger partial charge in [0.25, 0.3) is 5.91 Å². The van der Waals surface area contributed by atoms with E-state index in [1.807, 2.05) is 18.2 Å². The number of aliphatic carboxylic acids is 1. The molecule has 0 unspecified atom stereocenters. The Bertz CT molecular complexity index is 1290. The van der Waals surface area contributed by atoms with Gasteiger partial charge in [-0.05, 0) is 42.3 Å². The second-order valence-electron chi connectivity index (χ2n) is 8.19. The van der Waals surface area contributed by atoms with Gasteiger partial charge in [-0.2, -0.15) is 5.11 Å². The number of rotatable bonds is 18. The summed E-state index contributed by atoms with van der Waals surface area (Å²) in [5.41, 5.74) is 1.86. The number of carbonyl (C=O) groups is 2. The Labute approximate surface area is 240 Å². The fourth-order valence-corrected chi connectivity index (χ4v) is 4.01.